The quantitative estimate of drug-likeness (QED) is 0.305. The fraction of sp³-hybridized carbons (Fsp3) is 0. The first-order chi connectivity index (χ1) is 12.3. The molecule has 0 aromatic heterocycles. The Morgan fingerprint density at radius 1 is 0.962 bits per heavy atom. The molecule has 3 aromatic carbocycles. The van der Waals surface area contributed by atoms with Crippen LogP contribution in [-0.2, 0) is 10.1 Å². The highest BCUT2D eigenvalue weighted by molar-refractivity contribution is 7.86. The second kappa shape index (κ2) is 6.50. The van der Waals surface area contributed by atoms with Crippen molar-refractivity contribution in [1.29, 1.82) is 0 Å². The van der Waals surface area contributed by atoms with Crippen molar-refractivity contribution >= 4 is 38.0 Å². The lowest BCUT2D eigenvalue weighted by molar-refractivity contribution is -0.387. The topological polar surface area (TPSA) is 142 Å². The van der Waals surface area contributed by atoms with E-state index in [-0.39, 0.29) is 11.4 Å². The average molecular weight is 373 g/mol. The van der Waals surface area contributed by atoms with Crippen LogP contribution in [0.2, 0.25) is 0 Å². The highest BCUT2D eigenvalue weighted by Crippen LogP contribution is 2.34. The standard InChI is InChI=1S/C16H11N3O6S/c20-15-7-6-13(11-3-1-2-4-12(11)15)18-17-10-5-8-16(26(23,24)25)14(9-10)19(21)22/h1-9,20H,(H,23,24,25). The molecule has 0 unspecified atom stereocenters. The van der Waals surface area contributed by atoms with Crippen LogP contribution in [0, 0.1) is 10.1 Å². The number of benzene rings is 3. The molecule has 0 amide bonds. The van der Waals surface area contributed by atoms with Crippen molar-refractivity contribution in [3.05, 3.63) is 64.7 Å². The molecule has 0 aliphatic rings. The molecule has 0 aliphatic carbocycles. The van der Waals surface area contributed by atoms with Gasteiger partial charge in [0.05, 0.1) is 16.3 Å². The molecule has 9 nitrogen and oxygen atoms in total. The summed E-state index contributed by atoms with van der Waals surface area (Å²) >= 11 is 0. The van der Waals surface area contributed by atoms with Gasteiger partial charge in [-0.3, -0.25) is 14.7 Å². The second-order valence-corrected chi connectivity index (χ2v) is 6.62. The molecule has 0 heterocycles. The van der Waals surface area contributed by atoms with Crippen molar-refractivity contribution in [3.63, 3.8) is 0 Å². The Kier molecular flexibility index (Phi) is 4.36. The molecular formula is C16H11N3O6S. The van der Waals surface area contributed by atoms with Crippen LogP contribution >= 0.6 is 0 Å². The molecule has 0 fully saturated rings. The number of nitrogens with zero attached hydrogens (tertiary/aromatic N) is 3. The Balaban J connectivity index is 2.06. The van der Waals surface area contributed by atoms with Gasteiger partial charge in [0.15, 0.2) is 4.90 Å². The highest BCUT2D eigenvalue weighted by Gasteiger charge is 2.24. The second-order valence-electron chi connectivity index (χ2n) is 5.23. The molecule has 2 N–H and O–H groups in total. The van der Waals surface area contributed by atoms with Crippen molar-refractivity contribution in [2.75, 3.05) is 0 Å². The van der Waals surface area contributed by atoms with Gasteiger partial charge in [0.2, 0.25) is 0 Å². The van der Waals surface area contributed by atoms with E-state index in [2.05, 4.69) is 10.2 Å². The van der Waals surface area contributed by atoms with Crippen molar-refractivity contribution in [3.8, 4) is 5.75 Å². The minimum Gasteiger partial charge on any atom is -0.507 e. The molecule has 132 valence electrons. The molecule has 0 radical (unpaired) electrons. The van der Waals surface area contributed by atoms with Gasteiger partial charge in [0, 0.05) is 16.8 Å². The molecule has 0 spiro atoms. The molecule has 0 saturated heterocycles. The van der Waals surface area contributed by atoms with Crippen LogP contribution in [0.25, 0.3) is 10.8 Å². The van der Waals surface area contributed by atoms with E-state index in [0.29, 0.717) is 16.5 Å². The molecule has 3 rings (SSSR count). The number of phenolic OH excluding ortho intramolecular Hbond substituents is 1. The van der Waals surface area contributed by atoms with Crippen LogP contribution < -0.4 is 0 Å². The fourth-order valence-electron chi connectivity index (χ4n) is 2.39. The molecule has 0 atom stereocenters. The van der Waals surface area contributed by atoms with Crippen molar-refractivity contribution in [2.45, 2.75) is 4.90 Å². The minimum absolute atomic E-state index is 0.0289. The maximum absolute atomic E-state index is 11.2. The largest absolute Gasteiger partial charge is 0.507 e. The average Bonchev–Trinajstić information content (AvgIpc) is 2.60. The van der Waals surface area contributed by atoms with Gasteiger partial charge in [-0.25, -0.2) is 0 Å². The lowest BCUT2D eigenvalue weighted by Gasteiger charge is -2.03. The number of phenols is 1. The van der Waals surface area contributed by atoms with Crippen LogP contribution in [0.4, 0.5) is 17.1 Å². The van der Waals surface area contributed by atoms with E-state index < -0.39 is 25.6 Å². The number of aromatic hydroxyl groups is 1. The molecule has 10 heteroatoms. The fourth-order valence-corrected chi connectivity index (χ4v) is 3.03. The number of hydrogen-bond acceptors (Lipinski definition) is 7. The zero-order valence-corrected chi connectivity index (χ0v) is 13.8. The maximum atomic E-state index is 11.2. The van der Waals surface area contributed by atoms with Crippen molar-refractivity contribution in [2.24, 2.45) is 10.2 Å². The lowest BCUT2D eigenvalue weighted by atomic mass is 10.1. The Morgan fingerprint density at radius 3 is 2.31 bits per heavy atom. The predicted octanol–water partition coefficient (Wildman–Crippen LogP) is 4.12. The van der Waals surface area contributed by atoms with Crippen molar-refractivity contribution in [1.82, 2.24) is 0 Å². The van der Waals surface area contributed by atoms with Crippen LogP contribution in [0.15, 0.2) is 69.7 Å². The van der Waals surface area contributed by atoms with Gasteiger partial charge in [-0.15, -0.1) is 5.11 Å². The van der Waals surface area contributed by atoms with E-state index >= 15 is 0 Å². The number of fused-ring (bicyclic) bond motifs is 1. The van der Waals surface area contributed by atoms with Gasteiger partial charge < -0.3 is 5.11 Å². The smallest absolute Gasteiger partial charge is 0.301 e. The maximum Gasteiger partial charge on any atom is 0.301 e. The summed E-state index contributed by atoms with van der Waals surface area (Å²) in [5, 5.41) is 30.0. The van der Waals surface area contributed by atoms with Crippen LogP contribution in [0.3, 0.4) is 0 Å². The zero-order chi connectivity index (χ0) is 18.9. The molecular weight excluding hydrogens is 362 g/mol. The van der Waals surface area contributed by atoms with E-state index in [4.69, 9.17) is 4.55 Å². The highest BCUT2D eigenvalue weighted by atomic mass is 32.2. The molecule has 0 bridgehead atoms. The van der Waals surface area contributed by atoms with Gasteiger partial charge in [-0.05, 0) is 24.3 Å². The van der Waals surface area contributed by atoms with Gasteiger partial charge in [-0.1, -0.05) is 24.3 Å². The Labute approximate surface area is 147 Å². The summed E-state index contributed by atoms with van der Waals surface area (Å²) in [6.45, 7) is 0. The number of azo groups is 1. The van der Waals surface area contributed by atoms with E-state index in [9.17, 15) is 23.6 Å². The van der Waals surface area contributed by atoms with E-state index in [1.165, 1.54) is 18.2 Å². The minimum atomic E-state index is -4.74. The number of rotatable bonds is 4. The van der Waals surface area contributed by atoms with Crippen molar-refractivity contribution < 1.29 is 23.0 Å². The summed E-state index contributed by atoms with van der Waals surface area (Å²) in [5.41, 5.74) is -0.360. The number of nitro groups is 1. The van der Waals surface area contributed by atoms with E-state index in [0.717, 1.165) is 12.1 Å². The number of hydrogen-bond donors (Lipinski definition) is 2. The van der Waals surface area contributed by atoms with Crippen LogP contribution in [-0.4, -0.2) is 23.0 Å². The normalized spacial score (nSPS) is 11.9. The first-order valence-electron chi connectivity index (χ1n) is 7.16. The molecule has 26 heavy (non-hydrogen) atoms. The SMILES string of the molecule is O=[N+]([O-])c1cc(N=Nc2ccc(O)c3ccccc23)ccc1S(=O)(=O)O. The van der Waals surface area contributed by atoms with Crippen LogP contribution in [0.5, 0.6) is 5.75 Å². The lowest BCUT2D eigenvalue weighted by Crippen LogP contribution is -2.02. The number of nitro benzene ring substituents is 1. The third kappa shape index (κ3) is 3.36. The Hall–Kier alpha value is -3.37. The summed E-state index contributed by atoms with van der Waals surface area (Å²) in [5.74, 6) is 0.0766. The zero-order valence-electron chi connectivity index (χ0n) is 13.0. The Bertz CT molecular complexity index is 1160. The predicted molar refractivity (Wildman–Crippen MR) is 92.7 cm³/mol. The molecule has 0 aliphatic heterocycles. The summed E-state index contributed by atoms with van der Waals surface area (Å²) < 4.78 is 31.5. The summed E-state index contributed by atoms with van der Waals surface area (Å²) in [7, 11) is -4.74. The third-order valence-electron chi connectivity index (χ3n) is 3.57. The summed E-state index contributed by atoms with van der Waals surface area (Å²) in [6, 6.07) is 12.9. The monoisotopic (exact) mass is 373 g/mol. The first kappa shape index (κ1) is 17.5. The third-order valence-corrected chi connectivity index (χ3v) is 4.47. The van der Waals surface area contributed by atoms with Gasteiger partial charge in [0.25, 0.3) is 5.69 Å². The summed E-state index contributed by atoms with van der Waals surface area (Å²) in [6.07, 6.45) is 0. The first-order valence-corrected chi connectivity index (χ1v) is 8.60. The Morgan fingerprint density at radius 2 is 1.65 bits per heavy atom. The van der Waals surface area contributed by atoms with Gasteiger partial charge in [-0.2, -0.15) is 13.5 Å². The molecule has 0 saturated carbocycles. The van der Waals surface area contributed by atoms with E-state index in [1.807, 2.05) is 0 Å². The van der Waals surface area contributed by atoms with Gasteiger partial charge >= 0.3 is 10.1 Å². The molecule has 3 aromatic rings. The van der Waals surface area contributed by atoms with Crippen LogP contribution in [0.1, 0.15) is 0 Å². The summed E-state index contributed by atoms with van der Waals surface area (Å²) in [4.78, 5) is 9.28. The van der Waals surface area contributed by atoms with Gasteiger partial charge in [0.1, 0.15) is 5.75 Å². The van der Waals surface area contributed by atoms with E-state index in [1.54, 1.807) is 24.3 Å².